The number of halogens is 2. The number of methoxy groups -OCH3 is 1. The summed E-state index contributed by atoms with van der Waals surface area (Å²) in [7, 11) is 1.50. The van der Waals surface area contributed by atoms with Crippen molar-refractivity contribution in [3.05, 3.63) is 42.5 Å². The number of anilines is 3. The molecule has 0 bridgehead atoms. The second kappa shape index (κ2) is 6.10. The number of nitrogen functional groups attached to an aromatic ring is 1. The van der Waals surface area contributed by atoms with Crippen LogP contribution in [0.25, 0.3) is 0 Å². The van der Waals surface area contributed by atoms with Crippen LogP contribution >= 0.6 is 0 Å². The summed E-state index contributed by atoms with van der Waals surface area (Å²) in [4.78, 5) is 0. The average Bonchev–Trinajstić information content (AvgIpc) is 2.42. The van der Waals surface area contributed by atoms with E-state index in [9.17, 15) is 8.78 Å². The highest BCUT2D eigenvalue weighted by molar-refractivity contribution is 5.70. The zero-order valence-electron chi connectivity index (χ0n) is 10.8. The van der Waals surface area contributed by atoms with Crippen LogP contribution in [0.1, 0.15) is 0 Å². The lowest BCUT2D eigenvalue weighted by Crippen LogP contribution is -2.04. The van der Waals surface area contributed by atoms with Crippen LogP contribution in [0.15, 0.2) is 42.5 Å². The zero-order chi connectivity index (χ0) is 14.5. The van der Waals surface area contributed by atoms with Crippen LogP contribution in [0.2, 0.25) is 0 Å². The van der Waals surface area contributed by atoms with Crippen molar-refractivity contribution in [2.45, 2.75) is 6.61 Å². The largest absolute Gasteiger partial charge is 0.495 e. The Kier molecular flexibility index (Phi) is 4.24. The number of ether oxygens (including phenoxy) is 2. The van der Waals surface area contributed by atoms with Crippen molar-refractivity contribution in [2.24, 2.45) is 0 Å². The van der Waals surface area contributed by atoms with Gasteiger partial charge in [0.2, 0.25) is 0 Å². The van der Waals surface area contributed by atoms with Crippen molar-refractivity contribution in [2.75, 3.05) is 18.2 Å². The molecule has 0 saturated heterocycles. The summed E-state index contributed by atoms with van der Waals surface area (Å²) < 4.78 is 34.2. The number of hydrogen-bond acceptors (Lipinski definition) is 4. The lowest BCUT2D eigenvalue weighted by molar-refractivity contribution is -0.0493. The zero-order valence-corrected chi connectivity index (χ0v) is 10.8. The first-order valence-corrected chi connectivity index (χ1v) is 5.84. The molecule has 2 aromatic carbocycles. The molecule has 2 rings (SSSR count). The maximum Gasteiger partial charge on any atom is 0.387 e. The molecule has 0 heterocycles. The number of hydrogen-bond donors (Lipinski definition) is 2. The van der Waals surface area contributed by atoms with Gasteiger partial charge in [-0.1, -0.05) is 12.1 Å². The predicted octanol–water partition coefficient (Wildman–Crippen LogP) is 3.62. The Morgan fingerprint density at radius 2 is 1.85 bits per heavy atom. The van der Waals surface area contributed by atoms with Gasteiger partial charge in [0.25, 0.3) is 0 Å². The third-order valence-electron chi connectivity index (χ3n) is 2.62. The first-order chi connectivity index (χ1) is 9.60. The van der Waals surface area contributed by atoms with E-state index in [2.05, 4.69) is 10.1 Å². The number of nitrogens with one attached hydrogen (secondary N) is 1. The molecule has 0 aliphatic carbocycles. The molecule has 0 amide bonds. The molecular formula is C14H14F2N2O2. The number of alkyl halides is 2. The van der Waals surface area contributed by atoms with Crippen molar-refractivity contribution >= 4 is 17.1 Å². The van der Waals surface area contributed by atoms with Crippen LogP contribution < -0.4 is 20.5 Å². The molecule has 4 nitrogen and oxygen atoms in total. The van der Waals surface area contributed by atoms with Gasteiger partial charge in [-0.15, -0.1) is 0 Å². The normalized spacial score (nSPS) is 10.4. The minimum atomic E-state index is -2.88. The lowest BCUT2D eigenvalue weighted by Gasteiger charge is -2.13. The highest BCUT2D eigenvalue weighted by Crippen LogP contribution is 2.31. The van der Waals surface area contributed by atoms with Gasteiger partial charge in [-0.05, 0) is 24.3 Å². The lowest BCUT2D eigenvalue weighted by atomic mass is 10.2. The Morgan fingerprint density at radius 3 is 2.55 bits per heavy atom. The molecule has 0 unspecified atom stereocenters. The Morgan fingerprint density at radius 1 is 1.10 bits per heavy atom. The molecule has 0 spiro atoms. The second-order valence-corrected chi connectivity index (χ2v) is 3.96. The summed E-state index contributed by atoms with van der Waals surface area (Å²) in [6, 6.07) is 11.5. The van der Waals surface area contributed by atoms with E-state index in [4.69, 9.17) is 10.5 Å². The Labute approximate surface area is 115 Å². The van der Waals surface area contributed by atoms with Gasteiger partial charge in [-0.2, -0.15) is 8.78 Å². The molecule has 0 atom stereocenters. The molecular weight excluding hydrogens is 266 g/mol. The Hall–Kier alpha value is -2.50. The van der Waals surface area contributed by atoms with Crippen LogP contribution in [-0.4, -0.2) is 13.7 Å². The average molecular weight is 280 g/mol. The van der Waals surface area contributed by atoms with E-state index in [1.807, 2.05) is 0 Å². The summed E-state index contributed by atoms with van der Waals surface area (Å²) in [6.07, 6.45) is 0. The van der Waals surface area contributed by atoms with Gasteiger partial charge in [-0.3, -0.25) is 0 Å². The van der Waals surface area contributed by atoms with Crippen LogP contribution in [0.5, 0.6) is 11.5 Å². The SMILES string of the molecule is COc1cc(Nc2ccccc2OC(F)F)ccc1N. The molecule has 3 N–H and O–H groups in total. The standard InChI is InChI=1S/C14H14F2N2O2/c1-19-13-8-9(6-7-10(13)17)18-11-4-2-3-5-12(11)20-14(15)16/h2-8,14,18H,17H2,1H3. The molecule has 0 radical (unpaired) electrons. The summed E-state index contributed by atoms with van der Waals surface area (Å²) >= 11 is 0. The molecule has 0 aliphatic rings. The van der Waals surface area contributed by atoms with Crippen molar-refractivity contribution < 1.29 is 18.3 Å². The predicted molar refractivity (Wildman–Crippen MR) is 73.8 cm³/mol. The van der Waals surface area contributed by atoms with Crippen molar-refractivity contribution in [3.8, 4) is 11.5 Å². The number of rotatable bonds is 5. The second-order valence-electron chi connectivity index (χ2n) is 3.96. The first-order valence-electron chi connectivity index (χ1n) is 5.84. The molecule has 20 heavy (non-hydrogen) atoms. The van der Waals surface area contributed by atoms with Gasteiger partial charge < -0.3 is 20.5 Å². The molecule has 6 heteroatoms. The third kappa shape index (κ3) is 3.28. The van der Waals surface area contributed by atoms with Gasteiger partial charge in [0.1, 0.15) is 11.5 Å². The van der Waals surface area contributed by atoms with Gasteiger partial charge >= 0.3 is 6.61 Å². The van der Waals surface area contributed by atoms with Crippen LogP contribution in [0.3, 0.4) is 0 Å². The van der Waals surface area contributed by atoms with E-state index in [0.717, 1.165) is 0 Å². The topological polar surface area (TPSA) is 56.5 Å². The molecule has 0 fully saturated rings. The van der Waals surface area contributed by atoms with E-state index >= 15 is 0 Å². The quantitative estimate of drug-likeness (QED) is 0.821. The minimum Gasteiger partial charge on any atom is -0.495 e. The first kappa shape index (κ1) is 13.9. The molecule has 0 aromatic heterocycles. The van der Waals surface area contributed by atoms with E-state index < -0.39 is 6.61 Å². The smallest absolute Gasteiger partial charge is 0.387 e. The maximum absolute atomic E-state index is 12.3. The number of nitrogens with two attached hydrogens (primary N) is 1. The Bertz CT molecular complexity index is 591. The third-order valence-corrected chi connectivity index (χ3v) is 2.62. The molecule has 106 valence electrons. The summed E-state index contributed by atoms with van der Waals surface area (Å²) in [5.74, 6) is 0.570. The van der Waals surface area contributed by atoms with E-state index in [-0.39, 0.29) is 5.75 Å². The fourth-order valence-corrected chi connectivity index (χ4v) is 1.71. The number of para-hydroxylation sites is 2. The fraction of sp³-hybridized carbons (Fsp3) is 0.143. The highest BCUT2D eigenvalue weighted by Gasteiger charge is 2.09. The fourth-order valence-electron chi connectivity index (χ4n) is 1.71. The van der Waals surface area contributed by atoms with Crippen molar-refractivity contribution in [1.29, 1.82) is 0 Å². The molecule has 2 aromatic rings. The van der Waals surface area contributed by atoms with Crippen LogP contribution in [0.4, 0.5) is 25.8 Å². The summed E-state index contributed by atoms with van der Waals surface area (Å²) in [5, 5.41) is 2.99. The van der Waals surface area contributed by atoms with Gasteiger partial charge in [0, 0.05) is 11.8 Å². The molecule has 0 saturated carbocycles. The monoisotopic (exact) mass is 280 g/mol. The van der Waals surface area contributed by atoms with Crippen molar-refractivity contribution in [3.63, 3.8) is 0 Å². The van der Waals surface area contributed by atoms with Gasteiger partial charge in [0.05, 0.1) is 18.5 Å². The van der Waals surface area contributed by atoms with Gasteiger partial charge in [-0.25, -0.2) is 0 Å². The maximum atomic E-state index is 12.3. The Balaban J connectivity index is 2.25. The van der Waals surface area contributed by atoms with Gasteiger partial charge in [0.15, 0.2) is 0 Å². The van der Waals surface area contributed by atoms with Crippen LogP contribution in [-0.2, 0) is 0 Å². The highest BCUT2D eigenvalue weighted by atomic mass is 19.3. The number of benzene rings is 2. The summed E-state index contributed by atoms with van der Waals surface area (Å²) in [6.45, 7) is -2.88. The van der Waals surface area contributed by atoms with E-state index in [1.54, 1.807) is 36.4 Å². The van der Waals surface area contributed by atoms with E-state index in [1.165, 1.54) is 13.2 Å². The summed E-state index contributed by atoms with van der Waals surface area (Å²) in [5.41, 5.74) is 7.29. The van der Waals surface area contributed by atoms with E-state index in [0.29, 0.717) is 22.8 Å². The van der Waals surface area contributed by atoms with Crippen LogP contribution in [0, 0.1) is 0 Å². The minimum absolute atomic E-state index is 0.0679. The van der Waals surface area contributed by atoms with Crippen molar-refractivity contribution in [1.82, 2.24) is 0 Å². The molecule has 0 aliphatic heterocycles.